The third-order valence-electron chi connectivity index (χ3n) is 6.71. The molecule has 3 aliphatic rings. The van der Waals surface area contributed by atoms with Crippen molar-refractivity contribution < 1.29 is 4.74 Å². The number of fused-ring (bicyclic) bond motifs is 5. The minimum atomic E-state index is 0.504. The second-order valence-electron chi connectivity index (χ2n) is 8.46. The fourth-order valence-corrected chi connectivity index (χ4v) is 5.14. The van der Waals surface area contributed by atoms with Crippen molar-refractivity contribution in [1.29, 1.82) is 0 Å². The lowest BCUT2D eigenvalue weighted by atomic mass is 9.98. The van der Waals surface area contributed by atoms with Crippen LogP contribution in [-0.2, 0) is 6.61 Å². The van der Waals surface area contributed by atoms with Crippen molar-refractivity contribution in [3.63, 3.8) is 0 Å². The summed E-state index contributed by atoms with van der Waals surface area (Å²) < 4.78 is 7.93. The molecule has 3 aliphatic heterocycles. The van der Waals surface area contributed by atoms with Gasteiger partial charge in [0.2, 0.25) is 0 Å². The summed E-state index contributed by atoms with van der Waals surface area (Å²) in [5, 5.41) is 8.04. The molecule has 1 aromatic carbocycles. The summed E-state index contributed by atoms with van der Waals surface area (Å²) in [6.07, 6.45) is 8.78. The Balaban J connectivity index is 1.29. The molecule has 3 atom stereocenters. The van der Waals surface area contributed by atoms with E-state index in [0.717, 1.165) is 28.5 Å². The number of ether oxygens (including phenoxy) is 1. The van der Waals surface area contributed by atoms with Gasteiger partial charge in [0.15, 0.2) is 0 Å². The summed E-state index contributed by atoms with van der Waals surface area (Å²) in [5.41, 5.74) is 4.29. The topological polar surface area (TPSA) is 55.2 Å². The van der Waals surface area contributed by atoms with E-state index in [2.05, 4.69) is 52.7 Å². The van der Waals surface area contributed by atoms with E-state index in [1.54, 1.807) is 6.20 Å². The van der Waals surface area contributed by atoms with Crippen LogP contribution < -0.4 is 15.0 Å². The van der Waals surface area contributed by atoms with Crippen LogP contribution in [0.3, 0.4) is 0 Å². The second kappa shape index (κ2) is 6.59. The Morgan fingerprint density at radius 3 is 2.72 bits per heavy atom. The summed E-state index contributed by atoms with van der Waals surface area (Å²) in [4.78, 5) is 7.37. The zero-order valence-electron chi connectivity index (χ0n) is 16.6. The summed E-state index contributed by atoms with van der Waals surface area (Å²) in [6, 6.07) is 14.5. The van der Waals surface area contributed by atoms with Gasteiger partial charge in [-0.2, -0.15) is 5.10 Å². The van der Waals surface area contributed by atoms with Crippen molar-refractivity contribution in [3.8, 4) is 22.6 Å². The number of hydrogen-bond acceptors (Lipinski definition) is 5. The van der Waals surface area contributed by atoms with E-state index in [1.807, 2.05) is 16.9 Å². The van der Waals surface area contributed by atoms with Gasteiger partial charge in [-0.05, 0) is 56.0 Å². The molecule has 5 heterocycles. The minimum absolute atomic E-state index is 0.504. The molecule has 0 spiro atoms. The highest BCUT2D eigenvalue weighted by molar-refractivity contribution is 5.76. The van der Waals surface area contributed by atoms with Gasteiger partial charge in [-0.25, -0.2) is 9.67 Å². The van der Waals surface area contributed by atoms with E-state index in [0.29, 0.717) is 24.7 Å². The normalized spacial score (nSPS) is 24.5. The first-order valence-corrected chi connectivity index (χ1v) is 10.5. The van der Waals surface area contributed by atoms with E-state index in [1.165, 1.54) is 31.2 Å². The molecule has 2 aromatic heterocycles. The molecule has 3 aromatic rings. The average molecular weight is 387 g/mol. The summed E-state index contributed by atoms with van der Waals surface area (Å²) in [6.45, 7) is 0.504. The van der Waals surface area contributed by atoms with Crippen LogP contribution in [0, 0.1) is 0 Å². The van der Waals surface area contributed by atoms with Crippen molar-refractivity contribution in [3.05, 3.63) is 54.5 Å². The van der Waals surface area contributed by atoms with Crippen LogP contribution >= 0.6 is 0 Å². The van der Waals surface area contributed by atoms with Crippen molar-refractivity contribution in [2.75, 3.05) is 11.9 Å². The molecule has 148 valence electrons. The van der Waals surface area contributed by atoms with Crippen LogP contribution in [0.25, 0.3) is 16.8 Å². The highest BCUT2D eigenvalue weighted by Gasteiger charge is 2.35. The monoisotopic (exact) mass is 387 g/mol. The molecule has 2 saturated heterocycles. The number of pyridine rings is 1. The smallest absolute Gasteiger partial charge is 0.131 e. The fourth-order valence-electron chi connectivity index (χ4n) is 5.14. The van der Waals surface area contributed by atoms with Crippen molar-refractivity contribution in [1.82, 2.24) is 20.1 Å². The Morgan fingerprint density at radius 2 is 1.93 bits per heavy atom. The molecule has 0 radical (unpaired) electrons. The van der Waals surface area contributed by atoms with Crippen molar-refractivity contribution in [2.24, 2.45) is 0 Å². The first-order valence-electron chi connectivity index (χ1n) is 10.5. The Hall–Kier alpha value is -2.86. The molecular weight excluding hydrogens is 362 g/mol. The van der Waals surface area contributed by atoms with Crippen LogP contribution in [0.1, 0.15) is 31.4 Å². The van der Waals surface area contributed by atoms with Gasteiger partial charge < -0.3 is 15.0 Å². The maximum absolute atomic E-state index is 6.08. The quantitative estimate of drug-likeness (QED) is 0.745. The number of nitrogens with one attached hydrogen (secondary N) is 1. The number of benzene rings is 1. The molecule has 0 unspecified atom stereocenters. The van der Waals surface area contributed by atoms with E-state index in [4.69, 9.17) is 9.72 Å². The molecule has 29 heavy (non-hydrogen) atoms. The lowest BCUT2D eigenvalue weighted by Gasteiger charge is -2.36. The number of hydrogen-bond donors (Lipinski definition) is 1. The van der Waals surface area contributed by atoms with Gasteiger partial charge in [0.25, 0.3) is 0 Å². The van der Waals surface area contributed by atoms with Crippen LogP contribution in [0.4, 0.5) is 5.82 Å². The van der Waals surface area contributed by atoms with Crippen molar-refractivity contribution in [2.45, 2.75) is 50.4 Å². The molecule has 2 bridgehead atoms. The van der Waals surface area contributed by atoms with E-state index < -0.39 is 0 Å². The lowest BCUT2D eigenvalue weighted by molar-refractivity contribution is 0.297. The second-order valence-corrected chi connectivity index (χ2v) is 8.46. The number of nitrogens with zero attached hydrogens (tertiary/aromatic N) is 4. The first kappa shape index (κ1) is 17.0. The molecule has 1 N–H and O–H groups in total. The van der Waals surface area contributed by atoms with Crippen molar-refractivity contribution >= 4 is 5.82 Å². The van der Waals surface area contributed by atoms with Gasteiger partial charge in [-0.3, -0.25) is 0 Å². The molecule has 6 rings (SSSR count). The Labute approximate surface area is 170 Å². The van der Waals surface area contributed by atoms with Crippen LogP contribution in [0.15, 0.2) is 48.8 Å². The van der Waals surface area contributed by atoms with E-state index >= 15 is 0 Å². The zero-order chi connectivity index (χ0) is 19.4. The molecule has 6 nitrogen and oxygen atoms in total. The van der Waals surface area contributed by atoms with Crippen LogP contribution in [0.5, 0.6) is 5.75 Å². The highest BCUT2D eigenvalue weighted by Crippen LogP contribution is 2.39. The van der Waals surface area contributed by atoms with Gasteiger partial charge in [0, 0.05) is 54.8 Å². The van der Waals surface area contributed by atoms with Gasteiger partial charge >= 0.3 is 0 Å². The van der Waals surface area contributed by atoms with Gasteiger partial charge in [-0.1, -0.05) is 0 Å². The van der Waals surface area contributed by atoms with E-state index in [-0.39, 0.29) is 0 Å². The third-order valence-corrected chi connectivity index (χ3v) is 6.71. The molecule has 2 fully saturated rings. The summed E-state index contributed by atoms with van der Waals surface area (Å²) >= 11 is 0. The highest BCUT2D eigenvalue weighted by atomic mass is 16.5. The minimum Gasteiger partial charge on any atom is -0.487 e. The average Bonchev–Trinajstić information content (AvgIpc) is 3.42. The molecule has 6 heteroatoms. The van der Waals surface area contributed by atoms with Gasteiger partial charge in [0.05, 0.1) is 11.4 Å². The molecule has 0 saturated carbocycles. The number of piperidine rings is 1. The third kappa shape index (κ3) is 2.90. The standard InChI is InChI=1S/C23H25N5O/c1-27(18-11-15-3-4-16(12-18)25-15)23-8-7-19-20-6-5-17(28-10-2-9-24-28)13-22(20)29-14-21(19)26-23/h2,5-10,13,15-16,18,25H,3-4,11-12,14H2,1H3/t15-,16+,18-. The van der Waals surface area contributed by atoms with Crippen LogP contribution in [0.2, 0.25) is 0 Å². The Kier molecular flexibility index (Phi) is 3.87. The summed E-state index contributed by atoms with van der Waals surface area (Å²) in [5.74, 6) is 1.94. The van der Waals surface area contributed by atoms with Gasteiger partial charge in [-0.15, -0.1) is 0 Å². The van der Waals surface area contributed by atoms with Gasteiger partial charge in [0.1, 0.15) is 18.2 Å². The number of rotatable bonds is 3. The zero-order valence-corrected chi connectivity index (χ0v) is 16.6. The Bertz CT molecular complexity index is 1040. The molecule has 0 aliphatic carbocycles. The largest absolute Gasteiger partial charge is 0.487 e. The molecule has 0 amide bonds. The fraction of sp³-hybridized carbons (Fsp3) is 0.391. The first-order chi connectivity index (χ1) is 14.2. The Morgan fingerprint density at radius 1 is 1.10 bits per heavy atom. The maximum Gasteiger partial charge on any atom is 0.131 e. The molecular formula is C23H25N5O. The van der Waals surface area contributed by atoms with E-state index in [9.17, 15) is 0 Å². The number of anilines is 1. The summed E-state index contributed by atoms with van der Waals surface area (Å²) in [7, 11) is 2.19. The number of aromatic nitrogens is 3. The predicted octanol–water partition coefficient (Wildman–Crippen LogP) is 3.55. The maximum atomic E-state index is 6.08. The van der Waals surface area contributed by atoms with Crippen LogP contribution in [-0.4, -0.2) is 39.9 Å². The predicted molar refractivity (Wildman–Crippen MR) is 112 cm³/mol. The SMILES string of the molecule is CN(c1ccc2c(n1)COc1cc(-n3cccn3)ccc1-2)[C@@H]1C[C@H]2CC[C@@H](C1)N2. The lowest BCUT2D eigenvalue weighted by Crippen LogP contribution is -2.47.